The fourth-order valence-corrected chi connectivity index (χ4v) is 0.762. The molecule has 3 atom stereocenters. The highest BCUT2D eigenvalue weighted by molar-refractivity contribution is 5.97. The highest BCUT2D eigenvalue weighted by Gasteiger charge is 2.30. The Balaban J connectivity index is -0.000000372. The first kappa shape index (κ1) is 25.0. The number of aliphatic carboxylic acids is 1. The number of aliphatic hydroxyl groups is 4. The number of rotatable bonds is 6. The molecule has 0 saturated carbocycles. The van der Waals surface area contributed by atoms with Crippen molar-refractivity contribution in [2.24, 2.45) is 0 Å². The van der Waals surface area contributed by atoms with Crippen molar-refractivity contribution >= 4 is 11.8 Å². The molecule has 0 bridgehead atoms. The summed E-state index contributed by atoms with van der Waals surface area (Å²) in [6.45, 7) is 8.00. The lowest BCUT2D eigenvalue weighted by Crippen LogP contribution is -2.44. The monoisotopic (exact) mass is 322 g/mol. The van der Waals surface area contributed by atoms with Crippen LogP contribution in [0.4, 0.5) is 0 Å². The second-order valence-electron chi connectivity index (χ2n) is 4.13. The molecule has 0 aliphatic heterocycles. The van der Waals surface area contributed by atoms with Crippen LogP contribution in [0.1, 0.15) is 20.3 Å². The van der Waals surface area contributed by atoms with Gasteiger partial charge in [0.25, 0.3) is 0 Å². The van der Waals surface area contributed by atoms with Gasteiger partial charge in [-0.1, -0.05) is 13.8 Å². The number of ketones is 1. The Morgan fingerprint density at radius 3 is 1.59 bits per heavy atom. The van der Waals surface area contributed by atoms with Crippen LogP contribution >= 0.6 is 0 Å². The van der Waals surface area contributed by atoms with Gasteiger partial charge in [-0.15, -0.1) is 24.7 Å². The maximum atomic E-state index is 10.8. The smallest absolute Gasteiger partial charge is 0.310 e. The van der Waals surface area contributed by atoms with Crippen LogP contribution in [-0.4, -0.2) is 62.2 Å². The van der Waals surface area contributed by atoms with Crippen LogP contribution in [0.25, 0.3) is 0 Å². The number of carbonyl (C=O) groups is 2. The Labute approximate surface area is 128 Å². The molecule has 130 valence electrons. The molecule has 0 radical (unpaired) electrons. The van der Waals surface area contributed by atoms with Crippen LogP contribution in [-0.2, 0) is 9.59 Å². The maximum Gasteiger partial charge on any atom is 0.310 e. The second kappa shape index (κ2) is 14.0. The predicted octanol–water partition coefficient (Wildman–Crippen LogP) is -3.13. The minimum atomic E-state index is -2.01. The van der Waals surface area contributed by atoms with Crippen molar-refractivity contribution in [1.82, 2.24) is 0 Å². The van der Waals surface area contributed by atoms with Gasteiger partial charge < -0.3 is 35.7 Å². The normalized spacial score (nSPS) is 13.2. The van der Waals surface area contributed by atoms with Gasteiger partial charge in [0, 0.05) is 0 Å². The standard InChI is InChI=1S/C7H12O7.2C3H6O/c8-2-4(10)7(14)6(13)3(9)1-5(11)12;2*1-3(2)4/h4,6-8,10,13-14H,1-2H2,(H,11,12);2*4H,1H2,2H3/p-2/t4-,6-,7-;;/m1../s1. The molecule has 9 nitrogen and oxygen atoms in total. The Morgan fingerprint density at radius 1 is 1.05 bits per heavy atom. The van der Waals surface area contributed by atoms with Crippen LogP contribution in [0.5, 0.6) is 0 Å². The molecule has 0 aromatic carbocycles. The third kappa shape index (κ3) is 20.4. The summed E-state index contributed by atoms with van der Waals surface area (Å²) in [6, 6.07) is 0. The molecular weight excluding hydrogens is 300 g/mol. The molecule has 0 heterocycles. The quantitative estimate of drug-likeness (QED) is 0.249. The zero-order chi connectivity index (χ0) is 18.5. The minimum absolute atomic E-state index is 0.0833. The average Bonchev–Trinajstić information content (AvgIpc) is 2.33. The zero-order valence-electron chi connectivity index (χ0n) is 12.4. The van der Waals surface area contributed by atoms with Crippen LogP contribution in [0.2, 0.25) is 0 Å². The lowest BCUT2D eigenvalue weighted by molar-refractivity contribution is -0.301. The first-order chi connectivity index (χ1) is 9.86. The summed E-state index contributed by atoms with van der Waals surface area (Å²) < 4.78 is 0. The summed E-state index contributed by atoms with van der Waals surface area (Å²) in [5, 5.41) is 62.0. The van der Waals surface area contributed by atoms with E-state index in [0.29, 0.717) is 0 Å². The summed E-state index contributed by atoms with van der Waals surface area (Å²) in [7, 11) is 0. The Kier molecular flexibility index (Phi) is 16.0. The second-order valence-corrected chi connectivity index (χ2v) is 4.13. The molecule has 0 aromatic rings. The van der Waals surface area contributed by atoms with Gasteiger partial charge in [0.15, 0.2) is 5.78 Å². The van der Waals surface area contributed by atoms with E-state index in [1.165, 1.54) is 13.8 Å². The van der Waals surface area contributed by atoms with Crippen molar-refractivity contribution in [3.05, 3.63) is 24.7 Å². The van der Waals surface area contributed by atoms with E-state index in [0.717, 1.165) is 0 Å². The Hall–Kier alpha value is -1.94. The van der Waals surface area contributed by atoms with Crippen LogP contribution < -0.4 is 10.2 Å². The molecular formula is C13H22O9-2. The minimum Gasteiger partial charge on any atom is -0.876 e. The SMILES string of the molecule is C=C(C)[O-].C=C(C)[O-].O=C(O)CC(=O)[C@@H](O)[C@H](O)[C@H](O)CO. The van der Waals surface area contributed by atoms with E-state index in [1.807, 2.05) is 0 Å². The number of carbonyl (C=O) groups excluding carboxylic acids is 1. The zero-order valence-corrected chi connectivity index (χ0v) is 12.4. The number of Topliss-reactive ketones (excluding diaryl/α,β-unsaturated/α-hetero) is 1. The van der Waals surface area contributed by atoms with E-state index in [1.54, 1.807) is 0 Å². The van der Waals surface area contributed by atoms with E-state index in [2.05, 4.69) is 13.2 Å². The average molecular weight is 322 g/mol. The van der Waals surface area contributed by atoms with Crippen molar-refractivity contribution in [2.45, 2.75) is 38.6 Å². The van der Waals surface area contributed by atoms with Gasteiger partial charge in [-0.05, 0) is 0 Å². The number of hydrogen-bond acceptors (Lipinski definition) is 8. The largest absolute Gasteiger partial charge is 0.876 e. The predicted molar refractivity (Wildman–Crippen MR) is 72.0 cm³/mol. The van der Waals surface area contributed by atoms with E-state index >= 15 is 0 Å². The van der Waals surface area contributed by atoms with Crippen LogP contribution in [0.15, 0.2) is 24.7 Å². The summed E-state index contributed by atoms with van der Waals surface area (Å²) in [6.07, 6.45) is -6.51. The molecule has 0 spiro atoms. The molecule has 0 amide bonds. The number of carboxylic acids is 1. The summed E-state index contributed by atoms with van der Waals surface area (Å²) >= 11 is 0. The molecule has 5 N–H and O–H groups in total. The van der Waals surface area contributed by atoms with Crippen LogP contribution in [0.3, 0.4) is 0 Å². The van der Waals surface area contributed by atoms with Crippen molar-refractivity contribution in [2.75, 3.05) is 6.61 Å². The van der Waals surface area contributed by atoms with Gasteiger partial charge in [-0.25, -0.2) is 0 Å². The molecule has 0 unspecified atom stereocenters. The summed E-state index contributed by atoms with van der Waals surface area (Å²) in [4.78, 5) is 20.9. The third-order valence-corrected chi connectivity index (χ3v) is 1.56. The van der Waals surface area contributed by atoms with E-state index in [-0.39, 0.29) is 11.5 Å². The van der Waals surface area contributed by atoms with E-state index in [4.69, 9.17) is 25.5 Å². The van der Waals surface area contributed by atoms with E-state index < -0.39 is 43.1 Å². The number of allylic oxidation sites excluding steroid dienone is 2. The van der Waals surface area contributed by atoms with Gasteiger partial charge in [-0.3, -0.25) is 9.59 Å². The lowest BCUT2D eigenvalue weighted by Gasteiger charge is -2.19. The highest BCUT2D eigenvalue weighted by Crippen LogP contribution is 2.03. The first-order valence-electron chi connectivity index (χ1n) is 5.91. The molecule has 0 fully saturated rings. The van der Waals surface area contributed by atoms with Gasteiger partial charge in [0.05, 0.1) is 6.61 Å². The van der Waals surface area contributed by atoms with Gasteiger partial charge >= 0.3 is 5.97 Å². The van der Waals surface area contributed by atoms with Gasteiger partial charge in [-0.2, -0.15) is 0 Å². The summed E-state index contributed by atoms with van der Waals surface area (Å²) in [5.74, 6) is -2.74. The van der Waals surface area contributed by atoms with E-state index in [9.17, 15) is 19.8 Å². The number of aliphatic hydroxyl groups excluding tert-OH is 4. The fourth-order valence-electron chi connectivity index (χ4n) is 0.762. The van der Waals surface area contributed by atoms with Crippen molar-refractivity contribution in [3.63, 3.8) is 0 Å². The van der Waals surface area contributed by atoms with Crippen molar-refractivity contribution < 1.29 is 45.3 Å². The van der Waals surface area contributed by atoms with Gasteiger partial charge in [0.1, 0.15) is 24.7 Å². The summed E-state index contributed by atoms with van der Waals surface area (Å²) in [5.41, 5.74) is 0. The topological polar surface area (TPSA) is 181 Å². The van der Waals surface area contributed by atoms with Crippen molar-refractivity contribution in [3.8, 4) is 0 Å². The Bertz CT molecular complexity index is 345. The Morgan fingerprint density at radius 2 is 1.36 bits per heavy atom. The lowest BCUT2D eigenvalue weighted by atomic mass is 10.0. The molecule has 0 rings (SSSR count). The molecule has 0 aromatic heterocycles. The first-order valence-corrected chi connectivity index (χ1v) is 5.91. The molecule has 22 heavy (non-hydrogen) atoms. The number of carboxylic acid groups (broad SMARTS) is 1. The third-order valence-electron chi connectivity index (χ3n) is 1.56. The fraction of sp³-hybridized carbons (Fsp3) is 0.538. The maximum absolute atomic E-state index is 10.8. The van der Waals surface area contributed by atoms with Crippen molar-refractivity contribution in [1.29, 1.82) is 0 Å². The molecule has 0 aliphatic carbocycles. The molecule has 9 heteroatoms. The molecule has 0 saturated heterocycles. The van der Waals surface area contributed by atoms with Gasteiger partial charge in [0.2, 0.25) is 0 Å². The highest BCUT2D eigenvalue weighted by atomic mass is 16.4. The molecule has 0 aliphatic rings. The number of hydrogen-bond donors (Lipinski definition) is 5. The van der Waals surface area contributed by atoms with Crippen LogP contribution in [0, 0.1) is 0 Å².